The van der Waals surface area contributed by atoms with Crippen LogP contribution in [0.2, 0.25) is 0 Å². The normalized spacial score (nSPS) is 16.1. The Bertz CT molecular complexity index is 685. The van der Waals surface area contributed by atoms with Crippen LogP contribution in [-0.4, -0.2) is 52.2 Å². The van der Waals surface area contributed by atoms with Crippen molar-refractivity contribution in [1.29, 1.82) is 0 Å². The Morgan fingerprint density at radius 2 is 2.00 bits per heavy atom. The Morgan fingerprint density at radius 3 is 2.67 bits per heavy atom. The van der Waals surface area contributed by atoms with Gasteiger partial charge in [-0.25, -0.2) is 0 Å². The van der Waals surface area contributed by atoms with Gasteiger partial charge in [-0.1, -0.05) is 42.1 Å². The van der Waals surface area contributed by atoms with Gasteiger partial charge in [0.25, 0.3) is 0 Å². The maximum absolute atomic E-state index is 11.4. The number of primary amides is 1. The number of aromatic nitrogens is 3. The minimum absolute atomic E-state index is 0.359. The number of amides is 1. The van der Waals surface area contributed by atoms with E-state index in [0.29, 0.717) is 24.9 Å². The first-order chi connectivity index (χ1) is 11.6. The van der Waals surface area contributed by atoms with Crippen molar-refractivity contribution in [2.24, 2.45) is 5.73 Å². The highest BCUT2D eigenvalue weighted by atomic mass is 32.2. The monoisotopic (exact) mass is 347 g/mol. The van der Waals surface area contributed by atoms with Crippen LogP contribution in [0.5, 0.6) is 0 Å². The molecule has 2 heterocycles. The Hall–Kier alpha value is -2.06. The molecule has 128 valence electrons. The van der Waals surface area contributed by atoms with Gasteiger partial charge < -0.3 is 15.4 Å². The number of carbonyl (C=O) groups excluding carboxylic acids is 1. The number of rotatable bonds is 6. The Labute approximate surface area is 145 Å². The van der Waals surface area contributed by atoms with Gasteiger partial charge in [-0.3, -0.25) is 9.36 Å². The van der Waals surface area contributed by atoms with E-state index >= 15 is 0 Å². The van der Waals surface area contributed by atoms with E-state index in [-0.39, 0.29) is 11.2 Å². The summed E-state index contributed by atoms with van der Waals surface area (Å²) in [6.07, 6.45) is 0. The van der Waals surface area contributed by atoms with Crippen LogP contribution in [0.3, 0.4) is 0 Å². The third-order valence-corrected chi connectivity index (χ3v) is 4.96. The summed E-state index contributed by atoms with van der Waals surface area (Å²) in [5.74, 6) is 0.448. The number of carbonyl (C=O) groups is 1. The predicted molar refractivity (Wildman–Crippen MR) is 93.1 cm³/mol. The van der Waals surface area contributed by atoms with Crippen LogP contribution in [0.15, 0.2) is 35.5 Å². The molecule has 1 amide bonds. The third-order valence-electron chi connectivity index (χ3n) is 3.86. The van der Waals surface area contributed by atoms with Crippen molar-refractivity contribution in [1.82, 2.24) is 14.8 Å². The molecule has 1 aromatic heterocycles. The lowest BCUT2D eigenvalue weighted by Gasteiger charge is -2.28. The molecule has 24 heavy (non-hydrogen) atoms. The number of morpholine rings is 1. The fourth-order valence-corrected chi connectivity index (χ4v) is 3.28. The minimum Gasteiger partial charge on any atom is -0.378 e. The molecular weight excluding hydrogens is 326 g/mol. The third kappa shape index (κ3) is 3.88. The maximum atomic E-state index is 11.4. The van der Waals surface area contributed by atoms with Gasteiger partial charge in [0, 0.05) is 13.1 Å². The lowest BCUT2D eigenvalue weighted by atomic mass is 10.2. The molecule has 1 saturated heterocycles. The number of ether oxygens (including phenoxy) is 1. The van der Waals surface area contributed by atoms with E-state index in [1.807, 2.05) is 22.8 Å². The molecule has 1 fully saturated rings. The lowest BCUT2D eigenvalue weighted by molar-refractivity contribution is -0.117. The second kappa shape index (κ2) is 7.67. The van der Waals surface area contributed by atoms with E-state index in [9.17, 15) is 4.79 Å². The van der Waals surface area contributed by atoms with E-state index in [4.69, 9.17) is 10.5 Å². The zero-order valence-electron chi connectivity index (χ0n) is 13.6. The lowest BCUT2D eigenvalue weighted by Crippen LogP contribution is -2.38. The average molecular weight is 347 g/mol. The molecule has 7 nitrogen and oxygen atoms in total. The minimum atomic E-state index is -0.360. The largest absolute Gasteiger partial charge is 0.378 e. The molecule has 1 aliphatic heterocycles. The molecule has 2 aromatic rings. The molecule has 1 aromatic carbocycles. The summed E-state index contributed by atoms with van der Waals surface area (Å²) in [6.45, 7) is 5.35. The van der Waals surface area contributed by atoms with Crippen molar-refractivity contribution >= 4 is 23.6 Å². The van der Waals surface area contributed by atoms with Crippen LogP contribution in [-0.2, 0) is 16.1 Å². The van der Waals surface area contributed by atoms with Crippen molar-refractivity contribution in [2.75, 3.05) is 31.2 Å². The first-order valence-electron chi connectivity index (χ1n) is 7.91. The van der Waals surface area contributed by atoms with Crippen molar-refractivity contribution in [2.45, 2.75) is 23.9 Å². The van der Waals surface area contributed by atoms with Gasteiger partial charge in [-0.15, -0.1) is 10.2 Å². The molecule has 0 bridgehead atoms. The summed E-state index contributed by atoms with van der Waals surface area (Å²) in [4.78, 5) is 13.6. The SMILES string of the molecule is C[C@H](Sc1nnc(N2CCOCC2)n1Cc1ccccc1)C(N)=O. The fraction of sp³-hybridized carbons (Fsp3) is 0.438. The summed E-state index contributed by atoms with van der Waals surface area (Å²) < 4.78 is 7.46. The number of hydrogen-bond acceptors (Lipinski definition) is 6. The predicted octanol–water partition coefficient (Wildman–Crippen LogP) is 1.13. The number of hydrogen-bond donors (Lipinski definition) is 1. The Morgan fingerprint density at radius 1 is 1.29 bits per heavy atom. The number of nitrogens with zero attached hydrogens (tertiary/aromatic N) is 4. The van der Waals surface area contributed by atoms with Crippen LogP contribution in [0.25, 0.3) is 0 Å². The summed E-state index contributed by atoms with van der Waals surface area (Å²) in [7, 11) is 0. The summed E-state index contributed by atoms with van der Waals surface area (Å²) in [6, 6.07) is 10.1. The van der Waals surface area contributed by atoms with Gasteiger partial charge in [0.05, 0.1) is 25.0 Å². The average Bonchev–Trinajstić information content (AvgIpc) is 2.99. The zero-order chi connectivity index (χ0) is 16.9. The summed E-state index contributed by atoms with van der Waals surface area (Å²) in [5.41, 5.74) is 6.55. The van der Waals surface area contributed by atoms with E-state index in [2.05, 4.69) is 27.2 Å². The van der Waals surface area contributed by atoms with Gasteiger partial charge in [0.15, 0.2) is 5.16 Å². The van der Waals surface area contributed by atoms with Crippen LogP contribution >= 0.6 is 11.8 Å². The molecule has 3 rings (SSSR count). The maximum Gasteiger partial charge on any atom is 0.230 e. The Kier molecular flexibility index (Phi) is 5.37. The number of benzene rings is 1. The smallest absolute Gasteiger partial charge is 0.230 e. The second-order valence-corrected chi connectivity index (χ2v) is 6.92. The molecule has 2 N–H and O–H groups in total. The van der Waals surface area contributed by atoms with Crippen molar-refractivity contribution in [3.63, 3.8) is 0 Å². The standard InChI is InChI=1S/C16H21N5O2S/c1-12(14(17)22)24-16-19-18-15(20-7-9-23-10-8-20)21(16)11-13-5-3-2-4-6-13/h2-6,12H,7-11H2,1H3,(H2,17,22)/t12-/m0/s1. The van der Waals surface area contributed by atoms with Gasteiger partial charge in [0.2, 0.25) is 11.9 Å². The van der Waals surface area contributed by atoms with Crippen LogP contribution in [0.4, 0.5) is 5.95 Å². The molecule has 0 saturated carbocycles. The number of anilines is 1. The van der Waals surface area contributed by atoms with Gasteiger partial charge in [-0.2, -0.15) is 0 Å². The summed E-state index contributed by atoms with van der Waals surface area (Å²) >= 11 is 1.34. The highest BCUT2D eigenvalue weighted by Crippen LogP contribution is 2.27. The highest BCUT2D eigenvalue weighted by molar-refractivity contribution is 8.00. The molecular formula is C16H21N5O2S. The molecule has 0 spiro atoms. The molecule has 1 atom stereocenters. The highest BCUT2D eigenvalue weighted by Gasteiger charge is 2.23. The Balaban J connectivity index is 1.90. The molecule has 0 unspecified atom stereocenters. The van der Waals surface area contributed by atoms with Gasteiger partial charge in [-0.05, 0) is 12.5 Å². The molecule has 0 radical (unpaired) electrons. The molecule has 0 aliphatic carbocycles. The molecule has 1 aliphatic rings. The number of nitrogens with two attached hydrogens (primary N) is 1. The first-order valence-corrected chi connectivity index (χ1v) is 8.79. The first kappa shape index (κ1) is 16.8. The van der Waals surface area contributed by atoms with E-state index in [1.165, 1.54) is 11.8 Å². The van der Waals surface area contributed by atoms with E-state index in [0.717, 1.165) is 24.6 Å². The second-order valence-electron chi connectivity index (χ2n) is 5.62. The van der Waals surface area contributed by atoms with E-state index in [1.54, 1.807) is 6.92 Å². The topological polar surface area (TPSA) is 86.3 Å². The summed E-state index contributed by atoms with van der Waals surface area (Å²) in [5, 5.41) is 8.99. The zero-order valence-corrected chi connectivity index (χ0v) is 14.4. The van der Waals surface area contributed by atoms with Crippen LogP contribution in [0.1, 0.15) is 12.5 Å². The van der Waals surface area contributed by atoms with Crippen LogP contribution < -0.4 is 10.6 Å². The van der Waals surface area contributed by atoms with Crippen LogP contribution in [0, 0.1) is 0 Å². The van der Waals surface area contributed by atoms with Gasteiger partial charge >= 0.3 is 0 Å². The fourth-order valence-electron chi connectivity index (χ4n) is 2.49. The van der Waals surface area contributed by atoms with Crippen molar-refractivity contribution in [3.8, 4) is 0 Å². The molecule has 8 heteroatoms. The van der Waals surface area contributed by atoms with Crippen molar-refractivity contribution in [3.05, 3.63) is 35.9 Å². The van der Waals surface area contributed by atoms with E-state index < -0.39 is 0 Å². The number of thioether (sulfide) groups is 1. The van der Waals surface area contributed by atoms with Gasteiger partial charge in [0.1, 0.15) is 0 Å². The quantitative estimate of drug-likeness (QED) is 0.789. The van der Waals surface area contributed by atoms with Crippen molar-refractivity contribution < 1.29 is 9.53 Å².